The molecule has 0 saturated carbocycles. The lowest BCUT2D eigenvalue weighted by atomic mass is 9.99. The van der Waals surface area contributed by atoms with Crippen molar-refractivity contribution in [3.8, 4) is 0 Å². The Kier molecular flexibility index (Phi) is 5.02. The van der Waals surface area contributed by atoms with Crippen molar-refractivity contribution in [2.45, 2.75) is 30.7 Å². The minimum Gasteiger partial charge on any atom is -0.394 e. The predicted octanol–water partition coefficient (Wildman–Crippen LogP) is 2.30. The molecule has 0 bridgehead atoms. The minimum atomic E-state index is -0.553. The van der Waals surface area contributed by atoms with E-state index in [1.165, 1.54) is 0 Å². The molecular formula is C13H19NO2S. The van der Waals surface area contributed by atoms with Gasteiger partial charge in [0.15, 0.2) is 0 Å². The van der Waals surface area contributed by atoms with Crippen LogP contribution in [0, 0.1) is 0 Å². The van der Waals surface area contributed by atoms with Gasteiger partial charge in [-0.25, -0.2) is 0 Å². The summed E-state index contributed by atoms with van der Waals surface area (Å²) < 4.78 is 0. The van der Waals surface area contributed by atoms with Crippen LogP contribution in [0.15, 0.2) is 29.2 Å². The number of benzene rings is 1. The molecular weight excluding hydrogens is 234 g/mol. The van der Waals surface area contributed by atoms with Gasteiger partial charge in [-0.3, -0.25) is 4.79 Å². The van der Waals surface area contributed by atoms with E-state index in [-0.39, 0.29) is 12.5 Å². The van der Waals surface area contributed by atoms with E-state index < -0.39 is 5.54 Å². The Bertz CT molecular complexity index is 389. The van der Waals surface area contributed by atoms with Gasteiger partial charge in [-0.05, 0) is 31.7 Å². The van der Waals surface area contributed by atoms with Crippen LogP contribution < -0.4 is 5.32 Å². The maximum Gasteiger partial charge on any atom is 0.252 e. The van der Waals surface area contributed by atoms with Gasteiger partial charge >= 0.3 is 0 Å². The molecule has 0 saturated heterocycles. The minimum absolute atomic E-state index is 0.0589. The smallest absolute Gasteiger partial charge is 0.252 e. The summed E-state index contributed by atoms with van der Waals surface area (Å²) >= 11 is 1.54. The van der Waals surface area contributed by atoms with Crippen molar-refractivity contribution in [3.05, 3.63) is 29.8 Å². The van der Waals surface area contributed by atoms with Crippen molar-refractivity contribution >= 4 is 17.7 Å². The lowest BCUT2D eigenvalue weighted by Gasteiger charge is -2.27. The molecule has 4 heteroatoms. The predicted molar refractivity (Wildman–Crippen MR) is 71.5 cm³/mol. The quantitative estimate of drug-likeness (QED) is 0.792. The van der Waals surface area contributed by atoms with Gasteiger partial charge in [0, 0.05) is 4.90 Å². The lowest BCUT2D eigenvalue weighted by molar-refractivity contribution is 0.0844. The van der Waals surface area contributed by atoms with E-state index in [1.54, 1.807) is 17.8 Å². The number of carbonyl (C=O) groups excluding carboxylic acids is 1. The molecule has 1 unspecified atom stereocenters. The average molecular weight is 253 g/mol. The molecule has 0 heterocycles. The summed E-state index contributed by atoms with van der Waals surface area (Å²) in [6.45, 7) is 3.72. The summed E-state index contributed by atoms with van der Waals surface area (Å²) in [6, 6.07) is 7.47. The van der Waals surface area contributed by atoms with Gasteiger partial charge in [-0.2, -0.15) is 0 Å². The monoisotopic (exact) mass is 253 g/mol. The summed E-state index contributed by atoms with van der Waals surface area (Å²) in [6.07, 6.45) is 2.63. The zero-order valence-corrected chi connectivity index (χ0v) is 11.3. The van der Waals surface area contributed by atoms with Crippen molar-refractivity contribution in [2.75, 3.05) is 12.9 Å². The fourth-order valence-electron chi connectivity index (χ4n) is 1.41. The van der Waals surface area contributed by atoms with E-state index in [0.717, 1.165) is 4.90 Å². The molecule has 0 aromatic heterocycles. The third kappa shape index (κ3) is 3.48. The van der Waals surface area contributed by atoms with Gasteiger partial charge in [0.05, 0.1) is 17.7 Å². The fourth-order valence-corrected chi connectivity index (χ4v) is 2.01. The van der Waals surface area contributed by atoms with Crippen LogP contribution >= 0.6 is 11.8 Å². The van der Waals surface area contributed by atoms with Gasteiger partial charge in [0.25, 0.3) is 5.91 Å². The number of amides is 1. The molecule has 1 rings (SSSR count). The van der Waals surface area contributed by atoms with Crippen molar-refractivity contribution in [1.82, 2.24) is 5.32 Å². The van der Waals surface area contributed by atoms with E-state index in [2.05, 4.69) is 5.32 Å². The van der Waals surface area contributed by atoms with E-state index in [9.17, 15) is 9.90 Å². The molecule has 1 atom stereocenters. The molecule has 0 fully saturated rings. The summed E-state index contributed by atoms with van der Waals surface area (Å²) in [5.74, 6) is -0.131. The zero-order chi connectivity index (χ0) is 12.9. The molecule has 2 N–H and O–H groups in total. The molecule has 17 heavy (non-hydrogen) atoms. The largest absolute Gasteiger partial charge is 0.394 e. The second kappa shape index (κ2) is 6.07. The van der Waals surface area contributed by atoms with Crippen LogP contribution in [0.25, 0.3) is 0 Å². The standard InChI is InChI=1S/C13H19NO2S/c1-4-13(2,9-15)14-12(16)10-7-5-6-8-11(10)17-3/h5-8,15H,4,9H2,1-3H3,(H,14,16). The van der Waals surface area contributed by atoms with Crippen LogP contribution in [0.2, 0.25) is 0 Å². The third-order valence-electron chi connectivity index (χ3n) is 2.90. The molecule has 1 amide bonds. The summed E-state index contributed by atoms with van der Waals surface area (Å²) in [5, 5.41) is 12.2. The number of hydrogen-bond acceptors (Lipinski definition) is 3. The Hall–Kier alpha value is -1.00. The topological polar surface area (TPSA) is 49.3 Å². The first kappa shape index (κ1) is 14.1. The SMILES string of the molecule is CCC(C)(CO)NC(=O)c1ccccc1SC. The first-order valence-electron chi connectivity index (χ1n) is 5.62. The number of aliphatic hydroxyl groups is 1. The van der Waals surface area contributed by atoms with Crippen LogP contribution in [0.5, 0.6) is 0 Å². The molecule has 0 aliphatic carbocycles. The molecule has 0 radical (unpaired) electrons. The number of rotatable bonds is 5. The average Bonchev–Trinajstić information content (AvgIpc) is 2.38. The van der Waals surface area contributed by atoms with Gasteiger partial charge in [-0.15, -0.1) is 11.8 Å². The highest BCUT2D eigenvalue weighted by molar-refractivity contribution is 7.98. The number of carbonyl (C=O) groups is 1. The molecule has 0 spiro atoms. The maximum absolute atomic E-state index is 12.1. The first-order chi connectivity index (χ1) is 8.06. The van der Waals surface area contributed by atoms with Crippen LogP contribution in [-0.4, -0.2) is 29.4 Å². The van der Waals surface area contributed by atoms with Gasteiger partial charge in [0.2, 0.25) is 0 Å². The molecule has 0 aliphatic rings. The van der Waals surface area contributed by atoms with Crippen molar-refractivity contribution in [1.29, 1.82) is 0 Å². The molecule has 94 valence electrons. The normalized spacial score (nSPS) is 14.1. The van der Waals surface area contributed by atoms with Crippen molar-refractivity contribution in [2.24, 2.45) is 0 Å². The number of aliphatic hydroxyl groups excluding tert-OH is 1. The highest BCUT2D eigenvalue weighted by atomic mass is 32.2. The number of nitrogens with one attached hydrogen (secondary N) is 1. The summed E-state index contributed by atoms with van der Waals surface area (Å²) in [7, 11) is 0. The van der Waals surface area contributed by atoms with Crippen molar-refractivity contribution < 1.29 is 9.90 Å². The molecule has 1 aromatic carbocycles. The van der Waals surface area contributed by atoms with Crippen molar-refractivity contribution in [3.63, 3.8) is 0 Å². The first-order valence-corrected chi connectivity index (χ1v) is 6.85. The Morgan fingerprint density at radius 3 is 2.65 bits per heavy atom. The van der Waals surface area contributed by atoms with Gasteiger partial charge in [-0.1, -0.05) is 19.1 Å². The van der Waals surface area contributed by atoms with Gasteiger partial charge in [0.1, 0.15) is 0 Å². The highest BCUT2D eigenvalue weighted by Crippen LogP contribution is 2.20. The van der Waals surface area contributed by atoms with Crippen LogP contribution in [0.4, 0.5) is 0 Å². The second-order valence-corrected chi connectivity index (χ2v) is 5.07. The second-order valence-electron chi connectivity index (χ2n) is 4.23. The Labute approximate surface area is 107 Å². The summed E-state index contributed by atoms with van der Waals surface area (Å²) in [5.41, 5.74) is 0.107. The van der Waals surface area contributed by atoms with Gasteiger partial charge < -0.3 is 10.4 Å². The lowest BCUT2D eigenvalue weighted by Crippen LogP contribution is -2.48. The van der Waals surface area contributed by atoms with E-state index in [4.69, 9.17) is 0 Å². The number of thioether (sulfide) groups is 1. The van der Waals surface area contributed by atoms with Crippen LogP contribution in [-0.2, 0) is 0 Å². The Morgan fingerprint density at radius 1 is 1.47 bits per heavy atom. The number of hydrogen-bond donors (Lipinski definition) is 2. The molecule has 3 nitrogen and oxygen atoms in total. The fraction of sp³-hybridized carbons (Fsp3) is 0.462. The van der Waals surface area contributed by atoms with Crippen LogP contribution in [0.1, 0.15) is 30.6 Å². The van der Waals surface area contributed by atoms with E-state index in [1.807, 2.05) is 38.3 Å². The Morgan fingerprint density at radius 2 is 2.12 bits per heavy atom. The zero-order valence-electron chi connectivity index (χ0n) is 10.5. The summed E-state index contributed by atoms with van der Waals surface area (Å²) in [4.78, 5) is 13.1. The van der Waals surface area contributed by atoms with Crippen LogP contribution in [0.3, 0.4) is 0 Å². The molecule has 0 aliphatic heterocycles. The maximum atomic E-state index is 12.1. The Balaban J connectivity index is 2.90. The van der Waals surface area contributed by atoms with E-state index in [0.29, 0.717) is 12.0 Å². The van der Waals surface area contributed by atoms with E-state index >= 15 is 0 Å². The molecule has 1 aromatic rings. The third-order valence-corrected chi connectivity index (χ3v) is 3.69. The highest BCUT2D eigenvalue weighted by Gasteiger charge is 2.24.